The van der Waals surface area contributed by atoms with E-state index in [1.807, 2.05) is 13.8 Å². The first kappa shape index (κ1) is 13.9. The number of ether oxygens (including phenoxy) is 1. The Morgan fingerprint density at radius 3 is 2.57 bits per heavy atom. The van der Waals surface area contributed by atoms with Gasteiger partial charge in [-0.25, -0.2) is 0 Å². The topological polar surface area (TPSA) is 38.3 Å². The largest absolute Gasteiger partial charge is 0.381 e. The number of nitrogens with one attached hydrogen (secondary N) is 1. The molecule has 0 aliphatic carbocycles. The van der Waals surface area contributed by atoms with Crippen LogP contribution in [0.5, 0.6) is 0 Å². The highest BCUT2D eigenvalue weighted by Crippen LogP contribution is 2.14. The molecule has 3 nitrogen and oxygen atoms in total. The Bertz CT molecular complexity index is 166. The first-order valence-electron chi connectivity index (χ1n) is 5.03. The van der Waals surface area contributed by atoms with E-state index in [9.17, 15) is 4.79 Å². The molecule has 14 heavy (non-hydrogen) atoms. The normalized spacial score (nSPS) is 11.4. The highest BCUT2D eigenvalue weighted by Gasteiger charge is 2.22. The van der Waals surface area contributed by atoms with Crippen LogP contribution in [0.25, 0.3) is 0 Å². The van der Waals surface area contributed by atoms with E-state index in [1.165, 1.54) is 0 Å². The summed E-state index contributed by atoms with van der Waals surface area (Å²) in [5.74, 6) is 0.0213. The average Bonchev–Trinajstić information content (AvgIpc) is 2.09. The van der Waals surface area contributed by atoms with Gasteiger partial charge in [0, 0.05) is 19.8 Å². The van der Waals surface area contributed by atoms with Gasteiger partial charge >= 0.3 is 0 Å². The maximum Gasteiger partial charge on any atom is 0.236 e. The smallest absolute Gasteiger partial charge is 0.236 e. The van der Waals surface area contributed by atoms with Crippen LogP contribution in [0.4, 0.5) is 0 Å². The maximum absolute atomic E-state index is 11.4. The molecule has 0 fully saturated rings. The van der Waals surface area contributed by atoms with Crippen molar-refractivity contribution in [1.29, 1.82) is 0 Å². The minimum absolute atomic E-state index is 0.0213. The first-order chi connectivity index (χ1) is 6.48. The summed E-state index contributed by atoms with van der Waals surface area (Å²) >= 11 is 3.29. The van der Waals surface area contributed by atoms with Crippen LogP contribution in [-0.4, -0.2) is 30.0 Å². The Hall–Kier alpha value is -0.0900. The van der Waals surface area contributed by atoms with Gasteiger partial charge < -0.3 is 10.1 Å². The number of hydrogen-bond acceptors (Lipinski definition) is 2. The second-order valence-corrected chi connectivity index (χ2v) is 5.68. The molecule has 0 aromatic rings. The van der Waals surface area contributed by atoms with Gasteiger partial charge in [-0.15, -0.1) is 0 Å². The van der Waals surface area contributed by atoms with E-state index in [0.717, 1.165) is 26.1 Å². The number of alkyl halides is 1. The van der Waals surface area contributed by atoms with Gasteiger partial charge in [-0.05, 0) is 26.7 Å². The third-order valence-electron chi connectivity index (χ3n) is 1.64. The van der Waals surface area contributed by atoms with Gasteiger partial charge in [0.15, 0.2) is 0 Å². The molecule has 0 rings (SSSR count). The van der Waals surface area contributed by atoms with E-state index < -0.39 is 4.32 Å². The molecule has 0 aromatic carbocycles. The molecule has 0 aliphatic rings. The Kier molecular flexibility index (Phi) is 7.19. The molecule has 0 atom stereocenters. The summed E-state index contributed by atoms with van der Waals surface area (Å²) in [6.07, 6.45) is 1.91. The highest BCUT2D eigenvalue weighted by molar-refractivity contribution is 9.10. The summed E-state index contributed by atoms with van der Waals surface area (Å²) in [6.45, 7) is 7.94. The molecule has 0 heterocycles. The molecule has 0 saturated heterocycles. The molecule has 0 saturated carbocycles. The number of carbonyl (C=O) groups is 1. The Labute approximate surface area is 94.7 Å². The molecule has 1 N–H and O–H groups in total. The van der Waals surface area contributed by atoms with E-state index >= 15 is 0 Å². The fourth-order valence-corrected chi connectivity index (χ4v) is 0.973. The van der Waals surface area contributed by atoms with E-state index in [4.69, 9.17) is 4.74 Å². The zero-order valence-corrected chi connectivity index (χ0v) is 10.8. The Balaban J connectivity index is 3.33. The van der Waals surface area contributed by atoms with Gasteiger partial charge in [-0.1, -0.05) is 22.9 Å². The standard InChI is InChI=1S/C10H20BrNO2/c1-4-7-14-8-5-6-12-9(13)10(2,3)11/h4-8H2,1-3H3,(H,12,13). The molecular weight excluding hydrogens is 246 g/mol. The van der Waals surface area contributed by atoms with Crippen LogP contribution in [0.2, 0.25) is 0 Å². The van der Waals surface area contributed by atoms with Crippen LogP contribution in [0.15, 0.2) is 0 Å². The van der Waals surface area contributed by atoms with Gasteiger partial charge in [-0.2, -0.15) is 0 Å². The highest BCUT2D eigenvalue weighted by atomic mass is 79.9. The first-order valence-corrected chi connectivity index (χ1v) is 5.82. The van der Waals surface area contributed by atoms with E-state index in [0.29, 0.717) is 6.54 Å². The van der Waals surface area contributed by atoms with Crippen molar-refractivity contribution in [3.63, 3.8) is 0 Å². The molecule has 0 spiro atoms. The van der Waals surface area contributed by atoms with Crippen LogP contribution in [0.1, 0.15) is 33.6 Å². The van der Waals surface area contributed by atoms with Crippen molar-refractivity contribution < 1.29 is 9.53 Å². The fourth-order valence-electron chi connectivity index (χ4n) is 0.833. The van der Waals surface area contributed by atoms with Crippen molar-refractivity contribution in [2.45, 2.75) is 37.9 Å². The van der Waals surface area contributed by atoms with Gasteiger partial charge in [0.1, 0.15) is 0 Å². The summed E-state index contributed by atoms with van der Waals surface area (Å²) < 4.78 is 4.81. The Morgan fingerprint density at radius 2 is 2.07 bits per heavy atom. The maximum atomic E-state index is 11.4. The second-order valence-electron chi connectivity index (χ2n) is 3.69. The lowest BCUT2D eigenvalue weighted by atomic mass is 10.2. The quantitative estimate of drug-likeness (QED) is 0.566. The van der Waals surface area contributed by atoms with Crippen LogP contribution in [-0.2, 0) is 9.53 Å². The molecular formula is C10H20BrNO2. The summed E-state index contributed by atoms with van der Waals surface area (Å²) in [7, 11) is 0. The fraction of sp³-hybridized carbons (Fsp3) is 0.900. The summed E-state index contributed by atoms with van der Waals surface area (Å²) in [4.78, 5) is 11.4. The second kappa shape index (κ2) is 7.23. The minimum atomic E-state index is -0.475. The predicted molar refractivity (Wildman–Crippen MR) is 61.7 cm³/mol. The van der Waals surface area contributed by atoms with Crippen molar-refractivity contribution in [3.05, 3.63) is 0 Å². The van der Waals surface area contributed by atoms with E-state index in [1.54, 1.807) is 0 Å². The lowest BCUT2D eigenvalue weighted by molar-refractivity contribution is -0.122. The van der Waals surface area contributed by atoms with Crippen molar-refractivity contribution in [1.82, 2.24) is 5.32 Å². The van der Waals surface area contributed by atoms with E-state index in [-0.39, 0.29) is 5.91 Å². The SMILES string of the molecule is CCCOCCCNC(=O)C(C)(C)Br. The lowest BCUT2D eigenvalue weighted by Crippen LogP contribution is -2.38. The van der Waals surface area contributed by atoms with Crippen molar-refractivity contribution in [2.75, 3.05) is 19.8 Å². The van der Waals surface area contributed by atoms with Gasteiger partial charge in [0.2, 0.25) is 5.91 Å². The lowest BCUT2D eigenvalue weighted by Gasteiger charge is -2.15. The zero-order valence-electron chi connectivity index (χ0n) is 9.23. The van der Waals surface area contributed by atoms with Gasteiger partial charge in [-0.3, -0.25) is 4.79 Å². The Morgan fingerprint density at radius 1 is 1.43 bits per heavy atom. The zero-order chi connectivity index (χ0) is 11.0. The molecule has 0 bridgehead atoms. The third kappa shape index (κ3) is 7.33. The predicted octanol–water partition coefficient (Wildman–Crippen LogP) is 2.09. The summed E-state index contributed by atoms with van der Waals surface area (Å²) in [6, 6.07) is 0. The number of hydrogen-bond donors (Lipinski definition) is 1. The number of rotatable bonds is 7. The van der Waals surface area contributed by atoms with E-state index in [2.05, 4.69) is 28.2 Å². The summed E-state index contributed by atoms with van der Waals surface area (Å²) in [5.41, 5.74) is 0. The third-order valence-corrected chi connectivity index (χ3v) is 2.00. The van der Waals surface area contributed by atoms with Crippen molar-refractivity contribution in [3.8, 4) is 0 Å². The van der Waals surface area contributed by atoms with Crippen molar-refractivity contribution in [2.24, 2.45) is 0 Å². The molecule has 0 unspecified atom stereocenters. The van der Waals surface area contributed by atoms with Crippen LogP contribution in [0.3, 0.4) is 0 Å². The molecule has 84 valence electrons. The number of carbonyl (C=O) groups excluding carboxylic acids is 1. The monoisotopic (exact) mass is 265 g/mol. The van der Waals surface area contributed by atoms with Crippen LogP contribution < -0.4 is 5.32 Å². The molecule has 4 heteroatoms. The molecule has 0 radical (unpaired) electrons. The summed E-state index contributed by atoms with van der Waals surface area (Å²) in [5, 5.41) is 2.83. The van der Waals surface area contributed by atoms with Crippen molar-refractivity contribution >= 4 is 21.8 Å². The number of halogens is 1. The average molecular weight is 266 g/mol. The van der Waals surface area contributed by atoms with Gasteiger partial charge in [0.25, 0.3) is 0 Å². The van der Waals surface area contributed by atoms with Crippen LogP contribution in [0, 0.1) is 0 Å². The minimum Gasteiger partial charge on any atom is -0.381 e. The van der Waals surface area contributed by atoms with Gasteiger partial charge in [0.05, 0.1) is 4.32 Å². The van der Waals surface area contributed by atoms with Crippen LogP contribution >= 0.6 is 15.9 Å². The molecule has 0 aromatic heterocycles. The number of amides is 1. The molecule has 0 aliphatic heterocycles. The molecule has 1 amide bonds.